The van der Waals surface area contributed by atoms with E-state index in [1.54, 1.807) is 23.8 Å². The molecule has 1 aliphatic rings. The van der Waals surface area contributed by atoms with Crippen LogP contribution in [0.3, 0.4) is 0 Å². The Morgan fingerprint density at radius 1 is 1.11 bits per heavy atom. The van der Waals surface area contributed by atoms with Crippen molar-refractivity contribution in [3.63, 3.8) is 0 Å². The number of aromatic nitrogens is 3. The standard InChI is InChI=1S/C18H17ClN6OS/c19-13-3-1-4-14(11-13)24-7-9-25(10-8-24)16(26)15-12-27-18(22-15)23-17-20-5-2-6-21-17/h1-6,11-12H,7-10H2,(H,20,21,22,23). The van der Waals surface area contributed by atoms with E-state index in [-0.39, 0.29) is 5.91 Å². The molecule has 0 bridgehead atoms. The number of carbonyl (C=O) groups excluding carboxylic acids is 1. The maximum Gasteiger partial charge on any atom is 0.273 e. The molecule has 7 nitrogen and oxygen atoms in total. The summed E-state index contributed by atoms with van der Waals surface area (Å²) in [4.78, 5) is 29.4. The van der Waals surface area contributed by atoms with Gasteiger partial charge in [0.1, 0.15) is 5.69 Å². The molecule has 0 saturated carbocycles. The highest BCUT2D eigenvalue weighted by Gasteiger charge is 2.24. The van der Waals surface area contributed by atoms with Gasteiger partial charge in [-0.3, -0.25) is 4.79 Å². The Morgan fingerprint density at radius 3 is 2.63 bits per heavy atom. The Balaban J connectivity index is 1.37. The van der Waals surface area contributed by atoms with Crippen LogP contribution in [-0.4, -0.2) is 51.9 Å². The lowest BCUT2D eigenvalue weighted by Crippen LogP contribution is -2.48. The van der Waals surface area contributed by atoms with Gasteiger partial charge in [0.15, 0.2) is 5.13 Å². The maximum absolute atomic E-state index is 12.7. The minimum Gasteiger partial charge on any atom is -0.368 e. The van der Waals surface area contributed by atoms with Crippen LogP contribution in [0.15, 0.2) is 48.1 Å². The Kier molecular flexibility index (Phi) is 5.17. The normalized spacial score (nSPS) is 14.3. The zero-order chi connectivity index (χ0) is 18.6. The van der Waals surface area contributed by atoms with E-state index in [9.17, 15) is 4.79 Å². The fraction of sp³-hybridized carbons (Fsp3) is 0.222. The number of hydrogen-bond acceptors (Lipinski definition) is 7. The molecule has 1 aromatic carbocycles. The van der Waals surface area contributed by atoms with Crippen molar-refractivity contribution in [2.24, 2.45) is 0 Å². The van der Waals surface area contributed by atoms with Gasteiger partial charge in [0, 0.05) is 54.7 Å². The van der Waals surface area contributed by atoms with Gasteiger partial charge in [0.2, 0.25) is 5.95 Å². The molecule has 3 heterocycles. The highest BCUT2D eigenvalue weighted by Crippen LogP contribution is 2.23. The van der Waals surface area contributed by atoms with Crippen molar-refractivity contribution in [2.75, 3.05) is 36.4 Å². The van der Waals surface area contributed by atoms with Crippen molar-refractivity contribution in [1.82, 2.24) is 19.9 Å². The molecule has 1 fully saturated rings. The van der Waals surface area contributed by atoms with E-state index < -0.39 is 0 Å². The van der Waals surface area contributed by atoms with E-state index in [2.05, 4.69) is 25.2 Å². The number of rotatable bonds is 4. The molecule has 2 aromatic heterocycles. The number of amides is 1. The Labute approximate surface area is 165 Å². The third kappa shape index (κ3) is 4.17. The van der Waals surface area contributed by atoms with Crippen molar-refractivity contribution in [3.8, 4) is 0 Å². The van der Waals surface area contributed by atoms with E-state index >= 15 is 0 Å². The second-order valence-electron chi connectivity index (χ2n) is 5.99. The summed E-state index contributed by atoms with van der Waals surface area (Å²) in [5, 5.41) is 6.09. The molecule has 1 saturated heterocycles. The average Bonchev–Trinajstić information content (AvgIpc) is 3.17. The average molecular weight is 401 g/mol. The third-order valence-electron chi connectivity index (χ3n) is 4.25. The topological polar surface area (TPSA) is 74.2 Å². The number of carbonyl (C=O) groups is 1. The minimum absolute atomic E-state index is 0.0565. The molecule has 0 radical (unpaired) electrons. The molecule has 4 rings (SSSR count). The van der Waals surface area contributed by atoms with E-state index in [1.807, 2.05) is 29.2 Å². The van der Waals surface area contributed by atoms with Crippen LogP contribution in [0.4, 0.5) is 16.8 Å². The quantitative estimate of drug-likeness (QED) is 0.724. The van der Waals surface area contributed by atoms with Crippen LogP contribution < -0.4 is 10.2 Å². The van der Waals surface area contributed by atoms with Crippen LogP contribution in [0.2, 0.25) is 5.02 Å². The molecule has 0 aliphatic carbocycles. The fourth-order valence-corrected chi connectivity index (χ4v) is 3.75. The number of piperazine rings is 1. The van der Waals surface area contributed by atoms with Crippen molar-refractivity contribution in [3.05, 3.63) is 58.8 Å². The monoisotopic (exact) mass is 400 g/mol. The first kappa shape index (κ1) is 17.7. The number of nitrogens with zero attached hydrogens (tertiary/aromatic N) is 5. The van der Waals surface area contributed by atoms with Crippen molar-refractivity contribution in [2.45, 2.75) is 0 Å². The van der Waals surface area contributed by atoms with Crippen molar-refractivity contribution >= 4 is 45.6 Å². The summed E-state index contributed by atoms with van der Waals surface area (Å²) >= 11 is 7.43. The summed E-state index contributed by atoms with van der Waals surface area (Å²) in [7, 11) is 0. The summed E-state index contributed by atoms with van der Waals surface area (Å²) < 4.78 is 0. The lowest BCUT2D eigenvalue weighted by Gasteiger charge is -2.35. The summed E-state index contributed by atoms with van der Waals surface area (Å²) in [5.41, 5.74) is 1.52. The van der Waals surface area contributed by atoms with E-state index in [1.165, 1.54) is 11.3 Å². The number of nitrogens with one attached hydrogen (secondary N) is 1. The first-order valence-electron chi connectivity index (χ1n) is 8.48. The highest BCUT2D eigenvalue weighted by molar-refractivity contribution is 7.14. The molecule has 27 heavy (non-hydrogen) atoms. The number of hydrogen-bond donors (Lipinski definition) is 1. The number of anilines is 3. The molecule has 1 amide bonds. The van der Waals surface area contributed by atoms with Gasteiger partial charge in [-0.15, -0.1) is 11.3 Å². The lowest BCUT2D eigenvalue weighted by molar-refractivity contribution is 0.0742. The molecule has 0 unspecified atom stereocenters. The van der Waals surface area contributed by atoms with Crippen LogP contribution in [0.25, 0.3) is 0 Å². The molecule has 0 spiro atoms. The van der Waals surface area contributed by atoms with Crippen LogP contribution in [0, 0.1) is 0 Å². The van der Waals surface area contributed by atoms with Crippen LogP contribution in [-0.2, 0) is 0 Å². The molecular formula is C18H17ClN6OS. The fourth-order valence-electron chi connectivity index (χ4n) is 2.89. The third-order valence-corrected chi connectivity index (χ3v) is 5.24. The van der Waals surface area contributed by atoms with Gasteiger partial charge in [-0.1, -0.05) is 17.7 Å². The van der Waals surface area contributed by atoms with Gasteiger partial charge >= 0.3 is 0 Å². The van der Waals surface area contributed by atoms with Crippen molar-refractivity contribution < 1.29 is 4.79 Å². The zero-order valence-corrected chi connectivity index (χ0v) is 16.0. The summed E-state index contributed by atoms with van der Waals surface area (Å²) in [6.45, 7) is 2.82. The van der Waals surface area contributed by atoms with Gasteiger partial charge in [-0.05, 0) is 24.3 Å². The van der Waals surface area contributed by atoms with Crippen LogP contribution in [0.5, 0.6) is 0 Å². The molecule has 0 atom stereocenters. The maximum atomic E-state index is 12.7. The van der Waals surface area contributed by atoms with Gasteiger partial charge in [-0.25, -0.2) is 15.0 Å². The van der Waals surface area contributed by atoms with Gasteiger partial charge < -0.3 is 15.1 Å². The minimum atomic E-state index is -0.0565. The molecule has 138 valence electrons. The lowest BCUT2D eigenvalue weighted by atomic mass is 10.2. The van der Waals surface area contributed by atoms with E-state index in [0.717, 1.165) is 23.8 Å². The van der Waals surface area contributed by atoms with E-state index in [4.69, 9.17) is 11.6 Å². The number of halogens is 1. The Bertz CT molecular complexity index is 926. The Morgan fingerprint density at radius 2 is 1.89 bits per heavy atom. The predicted octanol–water partition coefficient (Wildman–Crippen LogP) is 3.29. The second-order valence-corrected chi connectivity index (χ2v) is 7.29. The largest absolute Gasteiger partial charge is 0.368 e. The summed E-state index contributed by atoms with van der Waals surface area (Å²) in [6.07, 6.45) is 3.29. The second kappa shape index (κ2) is 7.89. The van der Waals surface area contributed by atoms with Crippen LogP contribution >= 0.6 is 22.9 Å². The van der Waals surface area contributed by atoms with Gasteiger partial charge in [-0.2, -0.15) is 0 Å². The molecule has 3 aromatic rings. The number of thiazole rings is 1. The van der Waals surface area contributed by atoms with Crippen molar-refractivity contribution in [1.29, 1.82) is 0 Å². The first-order valence-corrected chi connectivity index (χ1v) is 9.74. The first-order chi connectivity index (χ1) is 13.2. The molecular weight excluding hydrogens is 384 g/mol. The summed E-state index contributed by atoms with van der Waals surface area (Å²) in [6, 6.07) is 9.52. The molecule has 9 heteroatoms. The predicted molar refractivity (Wildman–Crippen MR) is 107 cm³/mol. The summed E-state index contributed by atoms with van der Waals surface area (Å²) in [5.74, 6) is 0.403. The molecule has 1 aliphatic heterocycles. The molecule has 1 N–H and O–H groups in total. The van der Waals surface area contributed by atoms with Gasteiger partial charge in [0.05, 0.1) is 0 Å². The SMILES string of the molecule is O=C(c1csc(Nc2ncccn2)n1)N1CCN(c2cccc(Cl)c2)CC1. The van der Waals surface area contributed by atoms with E-state index in [0.29, 0.717) is 29.9 Å². The Hall–Kier alpha value is -2.71. The smallest absolute Gasteiger partial charge is 0.273 e. The highest BCUT2D eigenvalue weighted by atomic mass is 35.5. The zero-order valence-electron chi connectivity index (χ0n) is 14.4. The van der Waals surface area contributed by atoms with Gasteiger partial charge in [0.25, 0.3) is 5.91 Å². The number of benzene rings is 1. The van der Waals surface area contributed by atoms with Crippen LogP contribution in [0.1, 0.15) is 10.5 Å².